The summed E-state index contributed by atoms with van der Waals surface area (Å²) in [6.45, 7) is 1.33. The fourth-order valence-electron chi connectivity index (χ4n) is 1.26. The first-order valence-corrected chi connectivity index (χ1v) is 8.04. The van der Waals surface area contributed by atoms with Crippen molar-refractivity contribution in [3.63, 3.8) is 0 Å². The molecule has 0 unspecified atom stereocenters. The standard InChI is InChI=1S/C12H10S.C2H6O4S.Na/c1-3-7-11(8-4-1)13-12-9-5-2-6-10-12;1-2-6-7(3,4)5;/h1-10H;2H2,1H3,(H,3,4,5);/q;;+1/p-1. The van der Waals surface area contributed by atoms with Crippen LogP contribution in [-0.2, 0) is 14.6 Å². The van der Waals surface area contributed by atoms with E-state index in [1.807, 2.05) is 12.1 Å². The minimum absolute atomic E-state index is 0. The quantitative estimate of drug-likeness (QED) is 0.458. The molecule has 0 atom stereocenters. The van der Waals surface area contributed by atoms with Gasteiger partial charge < -0.3 is 4.55 Å². The van der Waals surface area contributed by atoms with Gasteiger partial charge >= 0.3 is 29.6 Å². The predicted octanol–water partition coefficient (Wildman–Crippen LogP) is 0.325. The molecule has 0 aliphatic carbocycles. The topological polar surface area (TPSA) is 66.4 Å². The molecule has 0 radical (unpaired) electrons. The van der Waals surface area contributed by atoms with Crippen LogP contribution in [0.1, 0.15) is 6.92 Å². The summed E-state index contributed by atoms with van der Waals surface area (Å²) < 4.78 is 32.0. The second-order valence-electron chi connectivity index (χ2n) is 3.54. The first-order chi connectivity index (χ1) is 9.51. The Morgan fingerprint density at radius 2 is 1.33 bits per heavy atom. The summed E-state index contributed by atoms with van der Waals surface area (Å²) in [5, 5.41) is 0. The molecule has 0 bridgehead atoms. The maximum Gasteiger partial charge on any atom is 1.00 e. The summed E-state index contributed by atoms with van der Waals surface area (Å²) in [5.74, 6) is 0. The van der Waals surface area contributed by atoms with Gasteiger partial charge in [0.25, 0.3) is 0 Å². The Morgan fingerprint density at radius 1 is 0.952 bits per heavy atom. The second-order valence-corrected chi connectivity index (χ2v) is 5.74. The molecule has 108 valence electrons. The fourth-order valence-corrected chi connectivity index (χ4v) is 2.40. The maximum absolute atomic E-state index is 9.45. The van der Waals surface area contributed by atoms with Gasteiger partial charge in [0.15, 0.2) is 0 Å². The molecule has 4 nitrogen and oxygen atoms in total. The molecular formula is C14H15NaO4S2. The van der Waals surface area contributed by atoms with Crippen LogP contribution in [0.25, 0.3) is 0 Å². The van der Waals surface area contributed by atoms with Crippen molar-refractivity contribution in [3.8, 4) is 0 Å². The Labute approximate surface area is 152 Å². The monoisotopic (exact) mass is 334 g/mol. The van der Waals surface area contributed by atoms with Crippen molar-refractivity contribution in [2.75, 3.05) is 6.61 Å². The largest absolute Gasteiger partial charge is 1.00 e. The second kappa shape index (κ2) is 11.3. The van der Waals surface area contributed by atoms with Crippen LogP contribution in [0.4, 0.5) is 0 Å². The van der Waals surface area contributed by atoms with E-state index in [4.69, 9.17) is 0 Å². The summed E-state index contributed by atoms with van der Waals surface area (Å²) in [7, 11) is -4.42. The average molecular weight is 334 g/mol. The van der Waals surface area contributed by atoms with Crippen LogP contribution in [-0.4, -0.2) is 19.6 Å². The number of hydrogen-bond donors (Lipinski definition) is 0. The zero-order valence-electron chi connectivity index (χ0n) is 11.9. The van der Waals surface area contributed by atoms with Gasteiger partial charge in [0, 0.05) is 9.79 Å². The Kier molecular flexibility index (Phi) is 11.1. The van der Waals surface area contributed by atoms with E-state index in [1.165, 1.54) is 16.7 Å². The van der Waals surface area contributed by atoms with Crippen molar-refractivity contribution < 1.29 is 46.7 Å². The molecule has 0 spiro atoms. The third-order valence-electron chi connectivity index (χ3n) is 1.98. The van der Waals surface area contributed by atoms with E-state index in [2.05, 4.69) is 52.7 Å². The zero-order valence-corrected chi connectivity index (χ0v) is 15.6. The van der Waals surface area contributed by atoms with E-state index in [9.17, 15) is 13.0 Å². The fraction of sp³-hybridized carbons (Fsp3) is 0.143. The van der Waals surface area contributed by atoms with Crippen LogP contribution in [0.15, 0.2) is 70.5 Å². The first kappa shape index (κ1) is 20.7. The van der Waals surface area contributed by atoms with Crippen molar-refractivity contribution in [1.82, 2.24) is 0 Å². The molecule has 0 N–H and O–H groups in total. The van der Waals surface area contributed by atoms with Crippen LogP contribution in [0, 0.1) is 0 Å². The van der Waals surface area contributed by atoms with Crippen LogP contribution in [0.2, 0.25) is 0 Å². The summed E-state index contributed by atoms with van der Waals surface area (Å²) in [5.41, 5.74) is 0. The van der Waals surface area contributed by atoms with Crippen LogP contribution in [0.5, 0.6) is 0 Å². The molecule has 0 aromatic heterocycles. The Morgan fingerprint density at radius 3 is 1.57 bits per heavy atom. The Bertz CT molecular complexity index is 551. The molecule has 0 heterocycles. The molecule has 2 aromatic carbocycles. The van der Waals surface area contributed by atoms with Crippen LogP contribution >= 0.6 is 11.8 Å². The van der Waals surface area contributed by atoms with Gasteiger partial charge in [-0.05, 0) is 31.2 Å². The summed E-state index contributed by atoms with van der Waals surface area (Å²) in [6, 6.07) is 20.8. The molecule has 0 saturated carbocycles. The summed E-state index contributed by atoms with van der Waals surface area (Å²) in [6.07, 6.45) is 0. The molecule has 21 heavy (non-hydrogen) atoms. The van der Waals surface area contributed by atoms with Gasteiger partial charge in [0.2, 0.25) is 10.4 Å². The molecule has 0 amide bonds. The van der Waals surface area contributed by atoms with E-state index < -0.39 is 10.4 Å². The predicted molar refractivity (Wildman–Crippen MR) is 78.3 cm³/mol. The van der Waals surface area contributed by atoms with Gasteiger partial charge in [0.05, 0.1) is 6.61 Å². The van der Waals surface area contributed by atoms with E-state index in [1.54, 1.807) is 11.8 Å². The van der Waals surface area contributed by atoms with Gasteiger partial charge in [0.1, 0.15) is 0 Å². The van der Waals surface area contributed by atoms with Crippen LogP contribution < -0.4 is 29.6 Å². The van der Waals surface area contributed by atoms with Crippen molar-refractivity contribution in [2.24, 2.45) is 0 Å². The van der Waals surface area contributed by atoms with E-state index in [0.29, 0.717) is 0 Å². The van der Waals surface area contributed by atoms with Crippen molar-refractivity contribution in [1.29, 1.82) is 0 Å². The van der Waals surface area contributed by atoms with Crippen molar-refractivity contribution in [3.05, 3.63) is 60.7 Å². The van der Waals surface area contributed by atoms with Gasteiger partial charge in [-0.15, -0.1) is 0 Å². The smallest absolute Gasteiger partial charge is 0.726 e. The van der Waals surface area contributed by atoms with E-state index in [0.717, 1.165) is 0 Å². The van der Waals surface area contributed by atoms with Gasteiger partial charge in [-0.1, -0.05) is 48.2 Å². The molecule has 0 aliphatic rings. The third-order valence-corrected chi connectivity index (χ3v) is 3.52. The minimum atomic E-state index is -4.42. The van der Waals surface area contributed by atoms with Crippen molar-refractivity contribution in [2.45, 2.75) is 16.7 Å². The van der Waals surface area contributed by atoms with E-state index in [-0.39, 0.29) is 36.2 Å². The number of hydrogen-bond acceptors (Lipinski definition) is 5. The molecular weight excluding hydrogens is 319 g/mol. The zero-order chi connectivity index (χ0) is 14.8. The van der Waals surface area contributed by atoms with Gasteiger partial charge in [-0.25, -0.2) is 8.42 Å². The summed E-state index contributed by atoms with van der Waals surface area (Å²) in [4.78, 5) is 2.57. The number of rotatable bonds is 4. The number of benzene rings is 2. The normalized spacial score (nSPS) is 10.0. The molecule has 7 heteroatoms. The molecule has 0 aliphatic heterocycles. The Balaban J connectivity index is 0.000000436. The van der Waals surface area contributed by atoms with Crippen molar-refractivity contribution >= 4 is 22.2 Å². The minimum Gasteiger partial charge on any atom is -0.726 e. The third kappa shape index (κ3) is 11.0. The van der Waals surface area contributed by atoms with E-state index >= 15 is 0 Å². The average Bonchev–Trinajstić information content (AvgIpc) is 2.40. The Hall–Kier alpha value is -0.340. The van der Waals surface area contributed by atoms with Gasteiger partial charge in [-0.3, -0.25) is 4.18 Å². The molecule has 2 aromatic rings. The summed E-state index contributed by atoms with van der Waals surface area (Å²) >= 11 is 1.79. The first-order valence-electron chi connectivity index (χ1n) is 5.89. The maximum atomic E-state index is 9.45. The molecule has 0 fully saturated rings. The van der Waals surface area contributed by atoms with Crippen LogP contribution in [0.3, 0.4) is 0 Å². The van der Waals surface area contributed by atoms with Gasteiger partial charge in [-0.2, -0.15) is 0 Å². The SMILES string of the molecule is CCOS(=O)(=O)[O-].[Na+].c1ccc(Sc2ccccc2)cc1. The molecule has 0 saturated heterocycles. The molecule has 2 rings (SSSR count).